The summed E-state index contributed by atoms with van der Waals surface area (Å²) in [7, 11) is 4.49. The number of anilines is 1. The van der Waals surface area contributed by atoms with Crippen LogP contribution >= 0.6 is 15.9 Å². The standard InChI is InChI=1S/C24H21BrN2O5/c1-13-6-5-7-14(10-13)24-27-17-9-8-15(11-18(17)32-24)26-23(28)16-12-19(29-2)21(30-3)22(31-4)20(16)25/h5-12H,1-4H3,(H,26,28). The molecule has 1 N–H and O–H groups in total. The van der Waals surface area contributed by atoms with Gasteiger partial charge < -0.3 is 23.9 Å². The summed E-state index contributed by atoms with van der Waals surface area (Å²) >= 11 is 3.44. The molecular weight excluding hydrogens is 476 g/mol. The number of methoxy groups -OCH3 is 3. The van der Waals surface area contributed by atoms with Gasteiger partial charge in [0, 0.05) is 17.3 Å². The van der Waals surface area contributed by atoms with Crippen LogP contribution in [0.2, 0.25) is 0 Å². The molecule has 4 aromatic rings. The molecule has 0 saturated heterocycles. The first kappa shape index (κ1) is 21.7. The maximum atomic E-state index is 13.0. The SMILES string of the molecule is COc1cc(C(=O)Nc2ccc3nc(-c4cccc(C)c4)oc3c2)c(Br)c(OC)c1OC. The molecule has 0 radical (unpaired) electrons. The van der Waals surface area contributed by atoms with Crippen LogP contribution in [-0.4, -0.2) is 32.2 Å². The summed E-state index contributed by atoms with van der Waals surface area (Å²) in [6.07, 6.45) is 0. The van der Waals surface area contributed by atoms with Gasteiger partial charge in [-0.15, -0.1) is 0 Å². The lowest BCUT2D eigenvalue weighted by Gasteiger charge is -2.16. The van der Waals surface area contributed by atoms with E-state index in [-0.39, 0.29) is 5.91 Å². The van der Waals surface area contributed by atoms with Gasteiger partial charge in [-0.05, 0) is 53.2 Å². The lowest BCUT2D eigenvalue weighted by molar-refractivity contribution is 0.102. The Morgan fingerprint density at radius 3 is 2.47 bits per heavy atom. The van der Waals surface area contributed by atoms with Crippen molar-refractivity contribution in [1.82, 2.24) is 4.98 Å². The number of aromatic nitrogens is 1. The number of rotatable bonds is 6. The van der Waals surface area contributed by atoms with Crippen LogP contribution in [0.15, 0.2) is 57.4 Å². The lowest BCUT2D eigenvalue weighted by Crippen LogP contribution is -2.13. The molecule has 0 spiro atoms. The first-order valence-electron chi connectivity index (χ1n) is 9.72. The molecule has 1 heterocycles. The highest BCUT2D eigenvalue weighted by atomic mass is 79.9. The Labute approximate surface area is 193 Å². The van der Waals surface area contributed by atoms with E-state index < -0.39 is 0 Å². The van der Waals surface area contributed by atoms with E-state index in [1.807, 2.05) is 31.2 Å². The Morgan fingerprint density at radius 2 is 1.78 bits per heavy atom. The van der Waals surface area contributed by atoms with Crippen LogP contribution in [0.5, 0.6) is 17.2 Å². The van der Waals surface area contributed by atoms with E-state index in [1.54, 1.807) is 24.3 Å². The summed E-state index contributed by atoms with van der Waals surface area (Å²) in [5.41, 5.74) is 4.19. The molecule has 0 aliphatic carbocycles. The smallest absolute Gasteiger partial charge is 0.257 e. The topological polar surface area (TPSA) is 82.8 Å². The zero-order chi connectivity index (χ0) is 22.8. The number of hydrogen-bond acceptors (Lipinski definition) is 6. The van der Waals surface area contributed by atoms with Crippen molar-refractivity contribution in [2.24, 2.45) is 0 Å². The number of nitrogens with zero attached hydrogens (tertiary/aromatic N) is 1. The summed E-state index contributed by atoms with van der Waals surface area (Å²) < 4.78 is 22.5. The van der Waals surface area contributed by atoms with Crippen LogP contribution in [0.1, 0.15) is 15.9 Å². The molecule has 32 heavy (non-hydrogen) atoms. The van der Waals surface area contributed by atoms with Crippen LogP contribution in [0, 0.1) is 6.92 Å². The Morgan fingerprint density at radius 1 is 1.00 bits per heavy atom. The third-order valence-corrected chi connectivity index (χ3v) is 5.71. The minimum atomic E-state index is -0.353. The molecule has 7 nitrogen and oxygen atoms in total. The van der Waals surface area contributed by atoms with Gasteiger partial charge in [0.2, 0.25) is 11.6 Å². The number of ether oxygens (including phenoxy) is 3. The summed E-state index contributed by atoms with van der Waals surface area (Å²) in [6, 6.07) is 14.8. The monoisotopic (exact) mass is 496 g/mol. The Balaban J connectivity index is 1.66. The first-order chi connectivity index (χ1) is 15.4. The number of fused-ring (bicyclic) bond motifs is 1. The zero-order valence-electron chi connectivity index (χ0n) is 18.0. The van der Waals surface area contributed by atoms with E-state index in [2.05, 4.69) is 26.2 Å². The van der Waals surface area contributed by atoms with Gasteiger partial charge in [0.25, 0.3) is 5.91 Å². The highest BCUT2D eigenvalue weighted by Gasteiger charge is 2.23. The fourth-order valence-corrected chi connectivity index (χ4v) is 4.03. The van der Waals surface area contributed by atoms with Crippen LogP contribution in [0.3, 0.4) is 0 Å². The number of aryl methyl sites for hydroxylation is 1. The Bertz CT molecular complexity index is 1320. The van der Waals surface area contributed by atoms with E-state index in [0.717, 1.165) is 11.1 Å². The first-order valence-corrected chi connectivity index (χ1v) is 10.5. The van der Waals surface area contributed by atoms with Crippen LogP contribution in [0.4, 0.5) is 5.69 Å². The predicted octanol–water partition coefficient (Wildman–Crippen LogP) is 5.84. The second kappa shape index (κ2) is 8.92. The molecule has 0 unspecified atom stereocenters. The van der Waals surface area contributed by atoms with Gasteiger partial charge in [-0.2, -0.15) is 0 Å². The second-order valence-electron chi connectivity index (χ2n) is 7.03. The minimum absolute atomic E-state index is 0.331. The number of carbonyl (C=O) groups excluding carboxylic acids is 1. The summed E-state index contributed by atoms with van der Waals surface area (Å²) in [5, 5.41) is 2.88. The van der Waals surface area contributed by atoms with Gasteiger partial charge in [-0.25, -0.2) is 4.98 Å². The molecule has 164 valence electrons. The van der Waals surface area contributed by atoms with Gasteiger partial charge >= 0.3 is 0 Å². The van der Waals surface area contributed by atoms with E-state index in [4.69, 9.17) is 18.6 Å². The van der Waals surface area contributed by atoms with Gasteiger partial charge in [0.15, 0.2) is 17.1 Å². The van der Waals surface area contributed by atoms with Crippen molar-refractivity contribution in [1.29, 1.82) is 0 Å². The van der Waals surface area contributed by atoms with Gasteiger partial charge in [0.05, 0.1) is 31.4 Å². The Kier molecular flexibility index (Phi) is 6.05. The van der Waals surface area contributed by atoms with Crippen molar-refractivity contribution in [2.75, 3.05) is 26.6 Å². The number of amides is 1. The highest BCUT2D eigenvalue weighted by Crippen LogP contribution is 2.45. The lowest BCUT2D eigenvalue weighted by atomic mass is 10.1. The predicted molar refractivity (Wildman–Crippen MR) is 126 cm³/mol. The molecule has 4 rings (SSSR count). The van der Waals surface area contributed by atoms with E-state index in [1.165, 1.54) is 21.3 Å². The molecular formula is C24H21BrN2O5. The molecule has 0 bridgehead atoms. The van der Waals surface area contributed by atoms with Gasteiger partial charge in [-0.1, -0.05) is 17.7 Å². The maximum Gasteiger partial charge on any atom is 0.257 e. The average molecular weight is 497 g/mol. The van der Waals surface area contributed by atoms with Crippen LogP contribution in [0.25, 0.3) is 22.6 Å². The largest absolute Gasteiger partial charge is 0.493 e. The number of benzene rings is 3. The molecule has 0 aliphatic heterocycles. The second-order valence-corrected chi connectivity index (χ2v) is 7.82. The quantitative estimate of drug-likeness (QED) is 0.360. The van der Waals surface area contributed by atoms with Crippen molar-refractivity contribution in [3.8, 4) is 28.7 Å². The van der Waals surface area contributed by atoms with Crippen molar-refractivity contribution >= 4 is 38.6 Å². The summed E-state index contributed by atoms with van der Waals surface area (Å²) in [5.74, 6) is 1.32. The summed E-state index contributed by atoms with van der Waals surface area (Å²) in [6.45, 7) is 2.01. The van der Waals surface area contributed by atoms with Crippen molar-refractivity contribution in [3.63, 3.8) is 0 Å². The number of carbonyl (C=O) groups is 1. The number of nitrogens with one attached hydrogen (secondary N) is 1. The Hall–Kier alpha value is -3.52. The number of halogens is 1. The fourth-order valence-electron chi connectivity index (χ4n) is 3.39. The zero-order valence-corrected chi connectivity index (χ0v) is 19.6. The van der Waals surface area contributed by atoms with E-state index >= 15 is 0 Å². The highest BCUT2D eigenvalue weighted by molar-refractivity contribution is 9.10. The minimum Gasteiger partial charge on any atom is -0.493 e. The van der Waals surface area contributed by atoms with Crippen molar-refractivity contribution in [2.45, 2.75) is 6.92 Å². The molecule has 8 heteroatoms. The number of hydrogen-bond donors (Lipinski definition) is 1. The van der Waals surface area contributed by atoms with E-state index in [0.29, 0.717) is 50.0 Å². The van der Waals surface area contributed by atoms with Crippen molar-refractivity contribution in [3.05, 3.63) is 64.1 Å². The third kappa shape index (κ3) is 4.01. The van der Waals surface area contributed by atoms with Gasteiger partial charge in [0.1, 0.15) is 5.52 Å². The van der Waals surface area contributed by atoms with Crippen LogP contribution < -0.4 is 19.5 Å². The molecule has 3 aromatic carbocycles. The maximum absolute atomic E-state index is 13.0. The molecule has 0 fully saturated rings. The van der Waals surface area contributed by atoms with Crippen molar-refractivity contribution < 1.29 is 23.4 Å². The molecule has 0 aliphatic rings. The average Bonchev–Trinajstić information content (AvgIpc) is 3.22. The normalized spacial score (nSPS) is 10.8. The summed E-state index contributed by atoms with van der Waals surface area (Å²) in [4.78, 5) is 17.6. The fraction of sp³-hybridized carbons (Fsp3) is 0.167. The van der Waals surface area contributed by atoms with Crippen LogP contribution in [-0.2, 0) is 0 Å². The third-order valence-electron chi connectivity index (χ3n) is 4.93. The molecule has 0 saturated carbocycles. The molecule has 0 atom stereocenters. The molecule has 1 aromatic heterocycles. The molecule has 1 amide bonds. The number of oxazole rings is 1. The van der Waals surface area contributed by atoms with E-state index in [9.17, 15) is 4.79 Å². The van der Waals surface area contributed by atoms with Gasteiger partial charge in [-0.3, -0.25) is 4.79 Å².